The normalized spacial score (nSPS) is 19.8. The van der Waals surface area contributed by atoms with E-state index in [0.717, 1.165) is 12.8 Å². The van der Waals surface area contributed by atoms with Crippen LogP contribution in [0.15, 0.2) is 0 Å². The molecule has 1 aliphatic rings. The molecule has 1 N–H and O–H groups in total. The molecule has 1 rings (SSSR count). The SMILES string of the molecule is CC(C)(C)OC(=O)C(OC1CCCC1)S(=O)(=O)O. The number of rotatable bonds is 4. The van der Waals surface area contributed by atoms with Gasteiger partial charge in [0, 0.05) is 0 Å². The highest BCUT2D eigenvalue weighted by atomic mass is 32.2. The number of ether oxygens (including phenoxy) is 2. The fourth-order valence-electron chi connectivity index (χ4n) is 1.80. The van der Waals surface area contributed by atoms with Gasteiger partial charge in [-0.05, 0) is 33.6 Å². The zero-order valence-corrected chi connectivity index (χ0v) is 11.7. The summed E-state index contributed by atoms with van der Waals surface area (Å²) in [5.41, 5.74) is -2.78. The van der Waals surface area contributed by atoms with Crippen LogP contribution >= 0.6 is 0 Å². The predicted molar refractivity (Wildman–Crippen MR) is 64.5 cm³/mol. The molecule has 0 heterocycles. The van der Waals surface area contributed by atoms with Gasteiger partial charge in [-0.1, -0.05) is 12.8 Å². The molecule has 0 amide bonds. The lowest BCUT2D eigenvalue weighted by molar-refractivity contribution is -0.165. The molecule has 1 aliphatic carbocycles. The fraction of sp³-hybridized carbons (Fsp3) is 0.909. The third-order valence-corrected chi connectivity index (χ3v) is 3.33. The Morgan fingerprint density at radius 3 is 2.17 bits per heavy atom. The lowest BCUT2D eigenvalue weighted by atomic mass is 10.2. The second kappa shape index (κ2) is 5.54. The van der Waals surface area contributed by atoms with Crippen molar-refractivity contribution in [1.82, 2.24) is 0 Å². The van der Waals surface area contributed by atoms with E-state index in [1.54, 1.807) is 20.8 Å². The first-order chi connectivity index (χ1) is 8.09. The monoisotopic (exact) mass is 280 g/mol. The minimum Gasteiger partial charge on any atom is -0.457 e. The van der Waals surface area contributed by atoms with Crippen LogP contribution in [-0.4, -0.2) is 36.1 Å². The Labute approximate surface area is 107 Å². The molecule has 0 saturated heterocycles. The summed E-state index contributed by atoms with van der Waals surface area (Å²) in [5.74, 6) is -1.07. The average Bonchev–Trinajstić information content (AvgIpc) is 2.61. The maximum absolute atomic E-state index is 11.7. The molecule has 1 fully saturated rings. The van der Waals surface area contributed by atoms with Crippen molar-refractivity contribution in [3.05, 3.63) is 0 Å². The molecule has 0 aromatic rings. The van der Waals surface area contributed by atoms with Crippen molar-refractivity contribution in [3.8, 4) is 0 Å². The van der Waals surface area contributed by atoms with E-state index in [0.29, 0.717) is 12.8 Å². The second-order valence-electron chi connectivity index (χ2n) is 5.42. The van der Waals surface area contributed by atoms with Gasteiger partial charge >= 0.3 is 16.1 Å². The van der Waals surface area contributed by atoms with Gasteiger partial charge in [0.15, 0.2) is 0 Å². The van der Waals surface area contributed by atoms with Crippen LogP contribution in [0.25, 0.3) is 0 Å². The van der Waals surface area contributed by atoms with Gasteiger partial charge in [-0.2, -0.15) is 8.42 Å². The minimum absolute atomic E-state index is 0.315. The summed E-state index contributed by atoms with van der Waals surface area (Å²) < 4.78 is 41.5. The number of hydrogen-bond acceptors (Lipinski definition) is 5. The van der Waals surface area contributed by atoms with Crippen LogP contribution < -0.4 is 0 Å². The molecule has 1 atom stereocenters. The summed E-state index contributed by atoms with van der Waals surface area (Å²) in [4.78, 5) is 11.7. The van der Waals surface area contributed by atoms with Crippen molar-refractivity contribution in [3.63, 3.8) is 0 Å². The Kier molecular flexibility index (Phi) is 4.74. The summed E-state index contributed by atoms with van der Waals surface area (Å²) >= 11 is 0. The van der Waals surface area contributed by atoms with E-state index in [1.165, 1.54) is 0 Å². The third kappa shape index (κ3) is 4.91. The predicted octanol–water partition coefficient (Wildman–Crippen LogP) is 1.50. The average molecular weight is 280 g/mol. The van der Waals surface area contributed by atoms with Crippen LogP contribution in [-0.2, 0) is 24.4 Å². The van der Waals surface area contributed by atoms with Gasteiger partial charge in [0.2, 0.25) is 0 Å². The van der Waals surface area contributed by atoms with Crippen molar-refractivity contribution in [2.24, 2.45) is 0 Å². The van der Waals surface area contributed by atoms with Crippen LogP contribution in [0.3, 0.4) is 0 Å². The van der Waals surface area contributed by atoms with E-state index < -0.39 is 27.1 Å². The summed E-state index contributed by atoms with van der Waals surface area (Å²) in [7, 11) is -4.62. The van der Waals surface area contributed by atoms with Gasteiger partial charge in [0.05, 0.1) is 6.10 Å². The zero-order valence-electron chi connectivity index (χ0n) is 10.9. The van der Waals surface area contributed by atoms with Gasteiger partial charge < -0.3 is 9.47 Å². The van der Waals surface area contributed by atoms with Crippen LogP contribution in [0.2, 0.25) is 0 Å². The van der Waals surface area contributed by atoms with Gasteiger partial charge in [-0.15, -0.1) is 0 Å². The molecule has 0 spiro atoms. The van der Waals surface area contributed by atoms with Gasteiger partial charge in [-0.25, -0.2) is 4.79 Å². The van der Waals surface area contributed by atoms with Crippen molar-refractivity contribution < 1.29 is 27.2 Å². The number of carbonyl (C=O) groups is 1. The molecule has 0 aromatic carbocycles. The lowest BCUT2D eigenvalue weighted by Gasteiger charge is -2.24. The topological polar surface area (TPSA) is 89.9 Å². The maximum atomic E-state index is 11.7. The van der Waals surface area contributed by atoms with Crippen LogP contribution in [0.1, 0.15) is 46.5 Å². The van der Waals surface area contributed by atoms with Gasteiger partial charge in [-0.3, -0.25) is 4.55 Å². The van der Waals surface area contributed by atoms with E-state index in [4.69, 9.17) is 14.0 Å². The van der Waals surface area contributed by atoms with Crippen LogP contribution in [0, 0.1) is 0 Å². The van der Waals surface area contributed by atoms with Crippen molar-refractivity contribution in [1.29, 1.82) is 0 Å². The standard InChI is InChI=1S/C11H20O6S/c1-11(2,3)17-9(12)10(18(13,14)15)16-8-6-4-5-7-8/h8,10H,4-7H2,1-3H3,(H,13,14,15). The number of esters is 1. The summed E-state index contributed by atoms with van der Waals surface area (Å²) in [6.07, 6.45) is 2.92. The highest BCUT2D eigenvalue weighted by Crippen LogP contribution is 2.24. The molecule has 0 aliphatic heterocycles. The summed E-state index contributed by atoms with van der Waals surface area (Å²) in [6.45, 7) is 4.84. The van der Waals surface area contributed by atoms with Crippen molar-refractivity contribution >= 4 is 16.1 Å². The first kappa shape index (κ1) is 15.4. The number of carbonyl (C=O) groups excluding carboxylic acids is 1. The molecular formula is C11H20O6S. The first-order valence-corrected chi connectivity index (χ1v) is 7.44. The smallest absolute Gasteiger partial charge is 0.354 e. The van der Waals surface area contributed by atoms with Crippen molar-refractivity contribution in [2.45, 2.75) is 63.6 Å². The zero-order chi connectivity index (χ0) is 14.0. The maximum Gasteiger partial charge on any atom is 0.354 e. The van der Waals surface area contributed by atoms with Crippen molar-refractivity contribution in [2.75, 3.05) is 0 Å². The highest BCUT2D eigenvalue weighted by Gasteiger charge is 2.38. The lowest BCUT2D eigenvalue weighted by Crippen LogP contribution is -2.40. The fourth-order valence-corrected chi connectivity index (χ4v) is 2.39. The van der Waals surface area contributed by atoms with E-state index in [-0.39, 0.29) is 6.10 Å². The Hall–Kier alpha value is -0.660. The quantitative estimate of drug-likeness (QED) is 0.620. The molecule has 1 unspecified atom stereocenters. The third-order valence-electron chi connectivity index (χ3n) is 2.49. The van der Waals surface area contributed by atoms with E-state index >= 15 is 0 Å². The Morgan fingerprint density at radius 1 is 1.28 bits per heavy atom. The molecule has 18 heavy (non-hydrogen) atoms. The van der Waals surface area contributed by atoms with Crippen LogP contribution in [0.5, 0.6) is 0 Å². The summed E-state index contributed by atoms with van der Waals surface area (Å²) in [6, 6.07) is 0. The highest BCUT2D eigenvalue weighted by molar-refractivity contribution is 7.87. The number of hydrogen-bond donors (Lipinski definition) is 1. The molecule has 6 nitrogen and oxygen atoms in total. The minimum atomic E-state index is -4.62. The van der Waals surface area contributed by atoms with E-state index in [1.807, 2.05) is 0 Å². The molecule has 1 saturated carbocycles. The molecule has 0 bridgehead atoms. The van der Waals surface area contributed by atoms with E-state index in [2.05, 4.69) is 0 Å². The molecular weight excluding hydrogens is 260 g/mol. The second-order valence-corrected chi connectivity index (χ2v) is 6.88. The van der Waals surface area contributed by atoms with Gasteiger partial charge in [0.1, 0.15) is 5.60 Å². The largest absolute Gasteiger partial charge is 0.457 e. The molecule has 0 aromatic heterocycles. The Bertz CT molecular complexity index is 388. The Balaban J connectivity index is 2.75. The van der Waals surface area contributed by atoms with Gasteiger partial charge in [0.25, 0.3) is 5.44 Å². The molecule has 7 heteroatoms. The molecule has 0 radical (unpaired) electrons. The summed E-state index contributed by atoms with van der Waals surface area (Å²) in [5, 5.41) is 0. The van der Waals surface area contributed by atoms with E-state index in [9.17, 15) is 13.2 Å². The first-order valence-electron chi connectivity index (χ1n) is 5.94. The van der Waals surface area contributed by atoms with Crippen LogP contribution in [0.4, 0.5) is 0 Å². The Morgan fingerprint density at radius 2 is 1.78 bits per heavy atom. The molecule has 106 valence electrons.